The number of hydrogen-bond donors (Lipinski definition) is 2. The van der Waals surface area contributed by atoms with Gasteiger partial charge in [-0.3, -0.25) is 4.79 Å². The highest BCUT2D eigenvalue weighted by Crippen LogP contribution is 1.98. The van der Waals surface area contributed by atoms with E-state index in [1.165, 1.54) is 0 Å². The number of nitrogens with one attached hydrogen (secondary N) is 1. The van der Waals surface area contributed by atoms with Crippen LogP contribution in [0.2, 0.25) is 0 Å². The summed E-state index contributed by atoms with van der Waals surface area (Å²) >= 11 is 3.01. The van der Waals surface area contributed by atoms with Crippen LogP contribution in [-0.4, -0.2) is 35.4 Å². The average molecular weight is 246 g/mol. The molecule has 72 valence electrons. The third-order valence-electron chi connectivity index (χ3n) is 1.12. The summed E-state index contributed by atoms with van der Waals surface area (Å²) in [6, 6.07) is 0. The Morgan fingerprint density at radius 3 is 2.58 bits per heavy atom. The zero-order chi connectivity index (χ0) is 9.56. The Kier molecular flexibility index (Phi) is 6.18. The van der Waals surface area contributed by atoms with E-state index in [0.29, 0.717) is 5.33 Å². The largest absolute Gasteiger partial charge is 0.385 e. The third kappa shape index (κ3) is 5.42. The Morgan fingerprint density at radius 2 is 2.17 bits per heavy atom. The molecule has 1 amide bonds. The summed E-state index contributed by atoms with van der Waals surface area (Å²) in [6.07, 6.45) is -4.37. The van der Waals surface area contributed by atoms with Crippen LogP contribution >= 0.6 is 15.9 Å². The van der Waals surface area contributed by atoms with E-state index in [0.717, 1.165) is 0 Å². The van der Waals surface area contributed by atoms with Crippen molar-refractivity contribution in [3.05, 3.63) is 0 Å². The average Bonchev–Trinajstić information content (AvgIpc) is 2.00. The number of halogens is 3. The van der Waals surface area contributed by atoms with Gasteiger partial charge in [-0.1, -0.05) is 15.9 Å². The Hall–Kier alpha value is -0.230. The summed E-state index contributed by atoms with van der Waals surface area (Å²) in [5.41, 5.74) is 0. The minimum absolute atomic E-state index is 0.218. The minimum atomic E-state index is -2.81. The molecule has 0 radical (unpaired) electrons. The topological polar surface area (TPSA) is 49.3 Å². The van der Waals surface area contributed by atoms with E-state index < -0.39 is 19.1 Å². The molecule has 0 fully saturated rings. The van der Waals surface area contributed by atoms with Gasteiger partial charge in [0.1, 0.15) is 6.10 Å². The molecular formula is C6H10BrF2NO2. The van der Waals surface area contributed by atoms with E-state index in [9.17, 15) is 13.6 Å². The summed E-state index contributed by atoms with van der Waals surface area (Å²) < 4.78 is 23.3. The van der Waals surface area contributed by atoms with Gasteiger partial charge in [0.15, 0.2) is 0 Å². The van der Waals surface area contributed by atoms with E-state index >= 15 is 0 Å². The molecular weight excluding hydrogens is 236 g/mol. The fourth-order valence-corrected chi connectivity index (χ4v) is 0.842. The number of rotatable bonds is 5. The van der Waals surface area contributed by atoms with E-state index in [2.05, 4.69) is 21.2 Å². The second-order valence-corrected chi connectivity index (χ2v) is 2.94. The van der Waals surface area contributed by atoms with Crippen molar-refractivity contribution in [1.82, 2.24) is 5.32 Å². The predicted octanol–water partition coefficient (Wildman–Crippen LogP) is 0.514. The van der Waals surface area contributed by atoms with Gasteiger partial charge >= 0.3 is 0 Å². The maximum absolute atomic E-state index is 11.7. The van der Waals surface area contributed by atoms with Crippen molar-refractivity contribution >= 4 is 21.8 Å². The molecule has 2 N–H and O–H groups in total. The molecule has 0 aliphatic rings. The lowest BCUT2D eigenvalue weighted by Gasteiger charge is -2.09. The van der Waals surface area contributed by atoms with Crippen LogP contribution in [0.15, 0.2) is 0 Å². The maximum atomic E-state index is 11.7. The highest BCUT2D eigenvalue weighted by atomic mass is 79.9. The van der Waals surface area contributed by atoms with E-state index in [1.54, 1.807) is 0 Å². The second kappa shape index (κ2) is 6.30. The van der Waals surface area contributed by atoms with Crippen LogP contribution in [0, 0.1) is 0 Å². The first kappa shape index (κ1) is 11.8. The molecule has 0 aromatic heterocycles. The monoisotopic (exact) mass is 245 g/mol. The fourth-order valence-electron chi connectivity index (χ4n) is 0.482. The lowest BCUT2D eigenvalue weighted by molar-refractivity contribution is -0.121. The predicted molar refractivity (Wildman–Crippen MR) is 43.4 cm³/mol. The van der Waals surface area contributed by atoms with Crippen molar-refractivity contribution in [3.63, 3.8) is 0 Å². The first-order chi connectivity index (χ1) is 5.57. The molecule has 0 bridgehead atoms. The van der Waals surface area contributed by atoms with Gasteiger partial charge in [-0.25, -0.2) is 8.78 Å². The number of alkyl halides is 3. The highest BCUT2D eigenvalue weighted by molar-refractivity contribution is 9.09. The van der Waals surface area contributed by atoms with E-state index in [4.69, 9.17) is 5.11 Å². The fraction of sp³-hybridized carbons (Fsp3) is 0.833. The van der Waals surface area contributed by atoms with Gasteiger partial charge in [0, 0.05) is 18.3 Å². The SMILES string of the molecule is O=C(CCBr)NCC(O)C(F)F. The van der Waals surface area contributed by atoms with Gasteiger partial charge < -0.3 is 10.4 Å². The van der Waals surface area contributed by atoms with Crippen molar-refractivity contribution in [2.75, 3.05) is 11.9 Å². The molecule has 0 saturated carbocycles. The van der Waals surface area contributed by atoms with Gasteiger partial charge in [0.25, 0.3) is 6.43 Å². The Morgan fingerprint density at radius 1 is 1.58 bits per heavy atom. The summed E-state index contributed by atoms with van der Waals surface area (Å²) in [6.45, 7) is -0.399. The van der Waals surface area contributed by atoms with E-state index in [1.807, 2.05) is 0 Å². The number of aliphatic hydroxyl groups excluding tert-OH is 1. The van der Waals surface area contributed by atoms with Gasteiger partial charge in [0.05, 0.1) is 0 Å². The van der Waals surface area contributed by atoms with Gasteiger partial charge in [-0.2, -0.15) is 0 Å². The standard InChI is InChI=1S/C6H10BrF2NO2/c7-2-1-5(12)10-3-4(11)6(8)9/h4,6,11H,1-3H2,(H,10,12). The third-order valence-corrected chi connectivity index (χ3v) is 1.52. The van der Waals surface area contributed by atoms with Crippen LogP contribution in [0.1, 0.15) is 6.42 Å². The second-order valence-electron chi connectivity index (χ2n) is 2.14. The molecule has 0 saturated heterocycles. The molecule has 0 aromatic carbocycles. The Balaban J connectivity index is 3.47. The molecule has 0 heterocycles. The number of hydrogen-bond acceptors (Lipinski definition) is 2. The number of amides is 1. The molecule has 1 atom stereocenters. The van der Waals surface area contributed by atoms with Crippen LogP contribution in [0.5, 0.6) is 0 Å². The number of carbonyl (C=O) groups is 1. The molecule has 0 spiro atoms. The van der Waals surface area contributed by atoms with Gasteiger partial charge in [-0.05, 0) is 0 Å². The van der Waals surface area contributed by atoms with Crippen LogP contribution < -0.4 is 5.32 Å². The summed E-state index contributed by atoms with van der Waals surface area (Å²) in [7, 11) is 0. The minimum Gasteiger partial charge on any atom is -0.385 e. The van der Waals surface area contributed by atoms with Crippen molar-refractivity contribution in [1.29, 1.82) is 0 Å². The van der Waals surface area contributed by atoms with Crippen LogP contribution in [-0.2, 0) is 4.79 Å². The van der Waals surface area contributed by atoms with Crippen LogP contribution in [0.3, 0.4) is 0 Å². The van der Waals surface area contributed by atoms with Crippen molar-refractivity contribution in [3.8, 4) is 0 Å². The van der Waals surface area contributed by atoms with Crippen LogP contribution in [0.4, 0.5) is 8.78 Å². The van der Waals surface area contributed by atoms with E-state index in [-0.39, 0.29) is 12.3 Å². The molecule has 12 heavy (non-hydrogen) atoms. The first-order valence-electron chi connectivity index (χ1n) is 3.36. The van der Waals surface area contributed by atoms with Crippen molar-refractivity contribution in [2.45, 2.75) is 19.0 Å². The lowest BCUT2D eigenvalue weighted by Crippen LogP contribution is -2.35. The number of aliphatic hydroxyl groups is 1. The Labute approximate surface area is 77.3 Å². The lowest BCUT2D eigenvalue weighted by atomic mass is 10.3. The molecule has 6 heteroatoms. The van der Waals surface area contributed by atoms with Gasteiger partial charge in [-0.15, -0.1) is 0 Å². The molecule has 1 unspecified atom stereocenters. The maximum Gasteiger partial charge on any atom is 0.265 e. The zero-order valence-corrected chi connectivity index (χ0v) is 7.85. The smallest absolute Gasteiger partial charge is 0.265 e. The van der Waals surface area contributed by atoms with Gasteiger partial charge in [0.2, 0.25) is 5.91 Å². The summed E-state index contributed by atoms with van der Waals surface area (Å²) in [4.78, 5) is 10.7. The zero-order valence-electron chi connectivity index (χ0n) is 6.27. The summed E-state index contributed by atoms with van der Waals surface area (Å²) in [5.74, 6) is -0.355. The molecule has 0 aromatic rings. The molecule has 0 aliphatic carbocycles. The van der Waals surface area contributed by atoms with Crippen molar-refractivity contribution < 1.29 is 18.7 Å². The molecule has 0 rings (SSSR count). The number of carbonyl (C=O) groups excluding carboxylic acids is 1. The van der Waals surface area contributed by atoms with Crippen LogP contribution in [0.25, 0.3) is 0 Å². The first-order valence-corrected chi connectivity index (χ1v) is 4.49. The summed E-state index contributed by atoms with van der Waals surface area (Å²) in [5, 5.41) is 11.2. The normalized spacial score (nSPS) is 13.1. The van der Waals surface area contributed by atoms with Crippen molar-refractivity contribution in [2.24, 2.45) is 0 Å². The quantitative estimate of drug-likeness (QED) is 0.694. The Bertz CT molecular complexity index is 146. The molecule has 3 nitrogen and oxygen atoms in total. The molecule has 0 aliphatic heterocycles. The highest BCUT2D eigenvalue weighted by Gasteiger charge is 2.16.